The highest BCUT2D eigenvalue weighted by Crippen LogP contribution is 2.22. The summed E-state index contributed by atoms with van der Waals surface area (Å²) in [6, 6.07) is 72.1. The highest BCUT2D eigenvalue weighted by Gasteiger charge is 2.03. The molecule has 0 spiro atoms. The van der Waals surface area contributed by atoms with Gasteiger partial charge in [0, 0.05) is 180 Å². The van der Waals surface area contributed by atoms with Crippen LogP contribution in [0.4, 0.5) is 0 Å². The molecule has 0 aliphatic carbocycles. The molecule has 0 N–H and O–H groups in total. The minimum atomic E-state index is 0.777. The Kier molecular flexibility index (Phi) is 29.5. The van der Waals surface area contributed by atoms with Crippen molar-refractivity contribution < 1.29 is 0 Å². The third-order valence-corrected chi connectivity index (χ3v) is 15.0. The second kappa shape index (κ2) is 41.1. The molecule has 0 bridgehead atoms. The number of aryl methyl sites for hydroxylation is 8. The van der Waals surface area contributed by atoms with E-state index < -0.39 is 0 Å². The van der Waals surface area contributed by atoms with Crippen LogP contribution in [0.2, 0.25) is 0 Å². The second-order valence-corrected chi connectivity index (χ2v) is 23.4. The van der Waals surface area contributed by atoms with Crippen molar-refractivity contribution in [2.24, 2.45) is 0 Å². The van der Waals surface area contributed by atoms with Crippen LogP contribution >= 0.6 is 0 Å². The third kappa shape index (κ3) is 25.6. The fourth-order valence-corrected chi connectivity index (χ4v) is 9.28. The zero-order valence-corrected chi connectivity index (χ0v) is 59.5. The van der Waals surface area contributed by atoms with Crippen molar-refractivity contribution in [3.05, 3.63) is 388 Å². The van der Waals surface area contributed by atoms with E-state index in [-0.39, 0.29) is 0 Å². The van der Waals surface area contributed by atoms with Crippen LogP contribution < -0.4 is 0 Å². The maximum atomic E-state index is 4.35. The van der Waals surface area contributed by atoms with Gasteiger partial charge >= 0.3 is 0 Å². The average Bonchev–Trinajstić information content (AvgIpc) is 0.972. The first-order chi connectivity index (χ1) is 50.9. The summed E-state index contributed by atoms with van der Waals surface area (Å²) >= 11 is 0. The summed E-state index contributed by atoms with van der Waals surface area (Å²) in [6.07, 6.45) is 36.3. The predicted octanol–water partition coefficient (Wildman–Crippen LogP) is 19.6. The van der Waals surface area contributed by atoms with Crippen LogP contribution in [0.3, 0.4) is 0 Å². The number of pyridine rings is 12. The number of rotatable bonds is 8. The van der Waals surface area contributed by atoms with Gasteiger partial charge in [0.25, 0.3) is 0 Å². The van der Waals surface area contributed by atoms with Gasteiger partial charge in [-0.3, -0.25) is 59.8 Å². The number of hydrogen-bond acceptors (Lipinski definition) is 16. The van der Waals surface area contributed by atoms with E-state index in [0.29, 0.717) is 0 Å². The first-order valence-electron chi connectivity index (χ1n) is 33.6. The molecule has 16 nitrogen and oxygen atoms in total. The van der Waals surface area contributed by atoms with Crippen LogP contribution in [0.15, 0.2) is 342 Å². The van der Waals surface area contributed by atoms with Gasteiger partial charge in [0.15, 0.2) is 0 Å². The maximum absolute atomic E-state index is 4.35. The molecule has 0 atom stereocenters. The summed E-state index contributed by atoms with van der Waals surface area (Å²) in [5, 5.41) is 0. The van der Waals surface area contributed by atoms with Crippen molar-refractivity contribution in [2.45, 2.75) is 55.4 Å². The lowest BCUT2D eigenvalue weighted by Gasteiger charge is -1.99. The first kappa shape index (κ1) is 74.6. The quantitative estimate of drug-likeness (QED) is 0.139. The van der Waals surface area contributed by atoms with E-state index >= 15 is 0 Å². The zero-order valence-electron chi connectivity index (χ0n) is 59.5. The molecule has 0 saturated carbocycles. The summed E-state index contributed by atoms with van der Waals surface area (Å²) < 4.78 is 0. The van der Waals surface area contributed by atoms with Gasteiger partial charge in [-0.15, -0.1) is 0 Å². The molecule has 14 heterocycles. The van der Waals surface area contributed by atoms with Crippen molar-refractivity contribution in [2.75, 3.05) is 0 Å². The van der Waals surface area contributed by atoms with Gasteiger partial charge < -0.3 is 0 Å². The Hall–Kier alpha value is -13.6. The van der Waals surface area contributed by atoms with E-state index in [1.165, 1.54) is 27.8 Å². The second-order valence-electron chi connectivity index (χ2n) is 23.4. The molecule has 16 rings (SSSR count). The monoisotopic (exact) mass is 1360 g/mol. The van der Waals surface area contributed by atoms with Crippen LogP contribution in [0, 0.1) is 55.4 Å². The third-order valence-electron chi connectivity index (χ3n) is 15.0. The number of benzene rings is 2. The SMILES string of the molecule is Cc1ccc(-c2ccccc2)nc1.Cc1ccc(-c2ccccn2)nc1.Cc1ccc(-c2cccnc2)cn1.Cc1ccc(-c2cccnc2)nc1.Cc1ccc(-c2ccncc2)cn1.Cc1ccc(-c2ccncc2)nc1.Cc1ncc(-c2ccccc2)cn1.Cc1ncc(-c2ccccn2)cn1. The van der Waals surface area contributed by atoms with Crippen LogP contribution in [-0.4, -0.2) is 79.7 Å². The molecule has 512 valence electrons. The van der Waals surface area contributed by atoms with Gasteiger partial charge in [0.2, 0.25) is 0 Å². The van der Waals surface area contributed by atoms with Gasteiger partial charge in [0.1, 0.15) is 11.6 Å². The van der Waals surface area contributed by atoms with E-state index in [1.54, 1.807) is 62.0 Å². The van der Waals surface area contributed by atoms with Gasteiger partial charge in [-0.05, 0) is 192 Å². The summed E-state index contributed by atoms with van der Waals surface area (Å²) in [4.78, 5) is 66.7. The molecule has 0 fully saturated rings. The van der Waals surface area contributed by atoms with Crippen molar-refractivity contribution in [3.63, 3.8) is 0 Å². The lowest BCUT2D eigenvalue weighted by Crippen LogP contribution is -1.88. The molecule has 0 amide bonds. The molecule has 0 saturated heterocycles. The lowest BCUT2D eigenvalue weighted by atomic mass is 10.1. The Balaban J connectivity index is 0.000000138. The summed E-state index contributed by atoms with van der Waals surface area (Å²) in [7, 11) is 0. The van der Waals surface area contributed by atoms with Crippen molar-refractivity contribution >= 4 is 0 Å². The standard InChI is InChI=1S/C12H11N.6C11H10N2.C10H9N3/c1-10-7-8-12(13-9-10)11-5-3-2-4-6-11;1-9-2-3-11(8-13-9)10-4-6-12-7-5-10;1-9-2-3-11(13-8-9)10-4-6-12-7-5-10;1-9-4-5-11(8-13-9)10-3-2-6-12-7-10;1-9-4-5-11(13-7-9)10-3-2-6-12-8-10;1-9-5-6-11(13-8-9)10-4-2-3-7-12-10;1-9-12-7-11(8-13-9)10-5-3-2-4-6-10;1-8-12-6-9(7-13-8)10-4-2-3-5-11-10/h2-9H,1H3;6*2-8H,1H3;2-7H,1H3. The van der Waals surface area contributed by atoms with E-state index in [2.05, 4.69) is 122 Å². The first-order valence-corrected chi connectivity index (χ1v) is 33.6. The fraction of sp³-hybridized carbons (Fsp3) is 0.0909. The van der Waals surface area contributed by atoms with E-state index in [0.717, 1.165) is 107 Å². The lowest BCUT2D eigenvalue weighted by molar-refractivity contribution is 1.05. The summed E-state index contributed by atoms with van der Waals surface area (Å²) in [5.41, 5.74) is 23.5. The topological polar surface area (TPSA) is 206 Å². The van der Waals surface area contributed by atoms with E-state index in [4.69, 9.17) is 0 Å². The minimum absolute atomic E-state index is 0.777. The maximum Gasteiger partial charge on any atom is 0.125 e. The van der Waals surface area contributed by atoms with Gasteiger partial charge in [0.05, 0.1) is 34.2 Å². The van der Waals surface area contributed by atoms with Gasteiger partial charge in [-0.25, -0.2) is 19.9 Å². The average molecular weight is 1360 g/mol. The van der Waals surface area contributed by atoms with E-state index in [9.17, 15) is 0 Å². The molecule has 2 aromatic carbocycles. The molecule has 16 aromatic rings. The molecule has 0 unspecified atom stereocenters. The molecule has 0 radical (unpaired) electrons. The smallest absolute Gasteiger partial charge is 0.125 e. The Morgan fingerprint density at radius 3 is 0.885 bits per heavy atom. The Morgan fingerprint density at radius 1 is 0.154 bits per heavy atom. The summed E-state index contributed by atoms with van der Waals surface area (Å²) in [6.45, 7) is 15.8. The minimum Gasteiger partial charge on any atom is -0.265 e. The van der Waals surface area contributed by atoms with Crippen LogP contribution in [0.25, 0.3) is 89.8 Å². The van der Waals surface area contributed by atoms with Crippen LogP contribution in [0.5, 0.6) is 0 Å². The number of aromatic nitrogens is 16. The molecule has 14 aromatic heterocycles. The highest BCUT2D eigenvalue weighted by molar-refractivity contribution is 5.64. The van der Waals surface area contributed by atoms with Crippen LogP contribution in [0.1, 0.15) is 45.3 Å². The number of nitrogens with zero attached hydrogens (tertiary/aromatic N) is 16. The molecule has 104 heavy (non-hydrogen) atoms. The van der Waals surface area contributed by atoms with Crippen molar-refractivity contribution in [1.82, 2.24) is 79.7 Å². The predicted molar refractivity (Wildman–Crippen MR) is 418 cm³/mol. The van der Waals surface area contributed by atoms with Crippen molar-refractivity contribution in [1.29, 1.82) is 0 Å². The van der Waals surface area contributed by atoms with E-state index in [1.807, 2.05) is 293 Å². The van der Waals surface area contributed by atoms with Crippen molar-refractivity contribution in [3.8, 4) is 89.8 Å². The highest BCUT2D eigenvalue weighted by atomic mass is 14.9. The van der Waals surface area contributed by atoms with Crippen LogP contribution in [-0.2, 0) is 0 Å². The Morgan fingerprint density at radius 2 is 0.481 bits per heavy atom. The Labute approximate surface area is 609 Å². The summed E-state index contributed by atoms with van der Waals surface area (Å²) in [5.74, 6) is 1.58. The number of hydrogen-bond donors (Lipinski definition) is 0. The normalized spacial score (nSPS) is 9.92. The Bertz CT molecular complexity index is 4000. The molecule has 0 aliphatic heterocycles. The molecule has 0 aliphatic rings. The fourth-order valence-electron chi connectivity index (χ4n) is 9.28. The molecular formula is C88H80N16. The largest absolute Gasteiger partial charge is 0.265 e. The molecule has 16 heteroatoms. The van der Waals surface area contributed by atoms with Gasteiger partial charge in [-0.2, -0.15) is 0 Å². The molecular weight excluding hydrogens is 1280 g/mol. The zero-order chi connectivity index (χ0) is 72.8. The van der Waals surface area contributed by atoms with Gasteiger partial charge in [-0.1, -0.05) is 115 Å².